The van der Waals surface area contributed by atoms with Crippen LogP contribution in [0.15, 0.2) is 24.3 Å². The summed E-state index contributed by atoms with van der Waals surface area (Å²) < 4.78 is 5.10. The first-order chi connectivity index (χ1) is 10.5. The molecule has 1 aromatic carbocycles. The molecule has 1 aliphatic heterocycles. The number of piperidine rings is 1. The molecule has 0 bridgehead atoms. The van der Waals surface area contributed by atoms with Crippen molar-refractivity contribution >= 4 is 28.9 Å². The van der Waals surface area contributed by atoms with Crippen molar-refractivity contribution in [2.45, 2.75) is 19.8 Å². The first kappa shape index (κ1) is 16.7. The quantitative estimate of drug-likeness (QED) is 0.629. The molecule has 22 heavy (non-hydrogen) atoms. The second kappa shape index (κ2) is 7.58. The third kappa shape index (κ3) is 3.97. The van der Waals surface area contributed by atoms with Crippen molar-refractivity contribution < 1.29 is 9.53 Å². The van der Waals surface area contributed by atoms with E-state index in [2.05, 4.69) is 34.1 Å². The topological polar surface area (TPSA) is 32.8 Å². The molecule has 1 saturated heterocycles. The molecule has 0 radical (unpaired) electrons. The van der Waals surface area contributed by atoms with E-state index in [1.165, 1.54) is 0 Å². The maximum atomic E-state index is 11.8. The smallest absolute Gasteiger partial charge is 0.309 e. The highest BCUT2D eigenvalue weighted by Crippen LogP contribution is 2.22. The van der Waals surface area contributed by atoms with Gasteiger partial charge in [0.2, 0.25) is 0 Å². The minimum atomic E-state index is -0.0663. The lowest BCUT2D eigenvalue weighted by molar-refractivity contribution is -0.149. The monoisotopic (exact) mass is 320 g/mol. The molecule has 0 unspecified atom stereocenters. The predicted octanol–water partition coefficient (Wildman–Crippen LogP) is 2.70. The van der Waals surface area contributed by atoms with E-state index >= 15 is 0 Å². The van der Waals surface area contributed by atoms with Crippen molar-refractivity contribution in [3.05, 3.63) is 29.8 Å². The molecule has 0 amide bonds. The van der Waals surface area contributed by atoms with Gasteiger partial charge in [-0.1, -0.05) is 12.2 Å². The maximum absolute atomic E-state index is 11.8. The molecule has 1 fully saturated rings. The number of likely N-dealkylation sites (tertiary alicyclic amines) is 1. The van der Waals surface area contributed by atoms with Gasteiger partial charge in [-0.2, -0.15) is 0 Å². The van der Waals surface area contributed by atoms with Crippen LogP contribution >= 0.6 is 12.2 Å². The number of anilines is 1. The van der Waals surface area contributed by atoms with Crippen molar-refractivity contribution in [2.24, 2.45) is 5.92 Å². The van der Waals surface area contributed by atoms with Gasteiger partial charge in [0.25, 0.3) is 0 Å². The molecule has 1 aliphatic rings. The summed E-state index contributed by atoms with van der Waals surface area (Å²) in [5.41, 5.74) is 2.22. The van der Waals surface area contributed by atoms with Crippen LogP contribution < -0.4 is 4.90 Å². The number of ether oxygens (including phenoxy) is 1. The summed E-state index contributed by atoms with van der Waals surface area (Å²) in [5, 5.41) is 0. The summed E-state index contributed by atoms with van der Waals surface area (Å²) in [6.07, 6.45) is 1.63. The third-order valence-corrected chi connectivity index (χ3v) is 4.53. The zero-order chi connectivity index (χ0) is 16.1. The van der Waals surface area contributed by atoms with Gasteiger partial charge in [-0.05, 0) is 44.0 Å². The van der Waals surface area contributed by atoms with Crippen molar-refractivity contribution in [3.63, 3.8) is 0 Å². The van der Waals surface area contributed by atoms with Crippen molar-refractivity contribution in [1.29, 1.82) is 0 Å². The molecule has 0 aliphatic carbocycles. The van der Waals surface area contributed by atoms with E-state index in [1.54, 1.807) is 0 Å². The van der Waals surface area contributed by atoms with Crippen LogP contribution in [-0.4, -0.2) is 49.6 Å². The molecule has 0 saturated carbocycles. The van der Waals surface area contributed by atoms with Crippen LogP contribution in [0.25, 0.3) is 0 Å². The van der Waals surface area contributed by atoms with E-state index in [4.69, 9.17) is 17.0 Å². The summed E-state index contributed by atoms with van der Waals surface area (Å²) >= 11 is 5.60. The molecular formula is C17H24N2O2S. The Morgan fingerprint density at radius 1 is 1.27 bits per heavy atom. The van der Waals surface area contributed by atoms with Gasteiger partial charge in [0.05, 0.1) is 12.5 Å². The highest BCUT2D eigenvalue weighted by molar-refractivity contribution is 7.80. The average Bonchev–Trinajstić information content (AvgIpc) is 2.54. The number of hydrogen-bond acceptors (Lipinski definition) is 4. The lowest BCUT2D eigenvalue weighted by Gasteiger charge is -2.33. The van der Waals surface area contributed by atoms with Crippen LogP contribution in [0.4, 0.5) is 5.69 Å². The number of rotatable bonds is 4. The highest BCUT2D eigenvalue weighted by Gasteiger charge is 2.27. The number of carbonyl (C=O) groups is 1. The third-order valence-electron chi connectivity index (χ3n) is 4.03. The molecule has 1 aromatic rings. The molecule has 2 rings (SSSR count). The fourth-order valence-corrected chi connectivity index (χ4v) is 2.98. The van der Waals surface area contributed by atoms with Crippen LogP contribution in [0.1, 0.15) is 25.3 Å². The lowest BCUT2D eigenvalue weighted by atomic mass is 9.96. The Balaban J connectivity index is 1.93. The Bertz CT molecular complexity index is 520. The Morgan fingerprint density at radius 2 is 1.86 bits per heavy atom. The minimum Gasteiger partial charge on any atom is -0.466 e. The number of esters is 1. The first-order valence-corrected chi connectivity index (χ1v) is 8.17. The predicted molar refractivity (Wildman–Crippen MR) is 93.4 cm³/mol. The summed E-state index contributed by atoms with van der Waals surface area (Å²) in [7, 11) is 4.04. The van der Waals surface area contributed by atoms with Gasteiger partial charge in [-0.15, -0.1) is 0 Å². The van der Waals surface area contributed by atoms with Crippen LogP contribution in [-0.2, 0) is 9.53 Å². The van der Waals surface area contributed by atoms with Gasteiger partial charge < -0.3 is 14.5 Å². The van der Waals surface area contributed by atoms with Gasteiger partial charge >= 0.3 is 5.97 Å². The zero-order valence-electron chi connectivity index (χ0n) is 13.5. The van der Waals surface area contributed by atoms with Crippen molar-refractivity contribution in [1.82, 2.24) is 4.90 Å². The Hall–Kier alpha value is -1.62. The Morgan fingerprint density at radius 3 is 2.36 bits per heavy atom. The molecule has 0 aromatic heterocycles. The first-order valence-electron chi connectivity index (χ1n) is 7.76. The van der Waals surface area contributed by atoms with Gasteiger partial charge in [-0.25, -0.2) is 0 Å². The Labute approximate surface area is 138 Å². The molecule has 120 valence electrons. The van der Waals surface area contributed by atoms with E-state index in [0.717, 1.165) is 42.2 Å². The highest BCUT2D eigenvalue weighted by atomic mass is 32.1. The number of nitrogens with zero attached hydrogens (tertiary/aromatic N) is 2. The summed E-state index contributed by atoms with van der Waals surface area (Å²) in [5.74, 6) is -0.0430. The van der Waals surface area contributed by atoms with Gasteiger partial charge in [0, 0.05) is 38.4 Å². The lowest BCUT2D eigenvalue weighted by Crippen LogP contribution is -2.40. The second-order valence-corrected chi connectivity index (χ2v) is 6.15. The molecular weight excluding hydrogens is 296 g/mol. The van der Waals surface area contributed by atoms with Crippen LogP contribution in [0.2, 0.25) is 0 Å². The molecule has 1 heterocycles. The van der Waals surface area contributed by atoms with Crippen LogP contribution in [0, 0.1) is 5.92 Å². The maximum Gasteiger partial charge on any atom is 0.309 e. The van der Waals surface area contributed by atoms with E-state index in [0.29, 0.717) is 6.61 Å². The number of carbonyl (C=O) groups excluding carboxylic acids is 1. The van der Waals surface area contributed by atoms with Crippen molar-refractivity contribution in [3.8, 4) is 0 Å². The van der Waals surface area contributed by atoms with E-state index < -0.39 is 0 Å². The summed E-state index contributed by atoms with van der Waals surface area (Å²) in [6, 6.07) is 8.28. The van der Waals surface area contributed by atoms with E-state index in [9.17, 15) is 4.79 Å². The van der Waals surface area contributed by atoms with E-state index in [-0.39, 0.29) is 11.9 Å². The van der Waals surface area contributed by atoms with Crippen molar-refractivity contribution in [2.75, 3.05) is 38.7 Å². The van der Waals surface area contributed by atoms with E-state index in [1.807, 2.05) is 21.0 Å². The van der Waals surface area contributed by atoms with Gasteiger partial charge in [0.1, 0.15) is 4.99 Å². The fraction of sp³-hybridized carbons (Fsp3) is 0.529. The number of thiocarbonyl (C=S) groups is 1. The molecule has 0 spiro atoms. The zero-order valence-corrected chi connectivity index (χ0v) is 14.4. The average molecular weight is 320 g/mol. The minimum absolute atomic E-state index is 0.0233. The fourth-order valence-electron chi connectivity index (χ4n) is 2.66. The number of hydrogen-bond donors (Lipinski definition) is 0. The van der Waals surface area contributed by atoms with Gasteiger partial charge in [0.15, 0.2) is 0 Å². The summed E-state index contributed by atoms with van der Waals surface area (Å²) in [4.78, 5) is 16.9. The second-order valence-electron chi connectivity index (χ2n) is 5.76. The largest absolute Gasteiger partial charge is 0.466 e. The van der Waals surface area contributed by atoms with Crippen LogP contribution in [0.3, 0.4) is 0 Å². The standard InChI is InChI=1S/C17H24N2O2S/c1-4-21-17(20)14-9-11-19(12-10-14)16(22)13-5-7-15(8-6-13)18(2)3/h5-8,14H,4,9-12H2,1-3H3. The number of benzene rings is 1. The van der Waals surface area contributed by atoms with Crippen LogP contribution in [0.5, 0.6) is 0 Å². The molecule has 0 N–H and O–H groups in total. The molecule has 4 nitrogen and oxygen atoms in total. The molecule has 0 atom stereocenters. The van der Waals surface area contributed by atoms with Gasteiger partial charge in [-0.3, -0.25) is 4.79 Å². The SMILES string of the molecule is CCOC(=O)C1CCN(C(=S)c2ccc(N(C)C)cc2)CC1. The summed E-state index contributed by atoms with van der Waals surface area (Å²) in [6.45, 7) is 3.94. The Kier molecular flexibility index (Phi) is 5.77. The normalized spacial score (nSPS) is 15.5. The molecule has 5 heteroatoms.